The molecule has 0 spiro atoms. The van der Waals surface area contributed by atoms with Crippen LogP contribution in [0.15, 0.2) is 24.3 Å². The van der Waals surface area contributed by atoms with Gasteiger partial charge in [-0.2, -0.15) is 0 Å². The first-order valence-electron chi connectivity index (χ1n) is 6.56. The Labute approximate surface area is 121 Å². The van der Waals surface area contributed by atoms with E-state index in [2.05, 4.69) is 10.1 Å². The van der Waals surface area contributed by atoms with Crippen molar-refractivity contribution < 1.29 is 22.7 Å². The number of halogens is 3. The van der Waals surface area contributed by atoms with E-state index in [0.717, 1.165) is 6.42 Å². The van der Waals surface area contributed by atoms with Crippen LogP contribution in [0.2, 0.25) is 0 Å². The SMILES string of the molecule is CCCC(C)(N)C(=O)NCc1ccc(OC(F)(F)F)cc1. The molecule has 1 aromatic carbocycles. The van der Waals surface area contributed by atoms with Gasteiger partial charge >= 0.3 is 6.36 Å². The molecule has 4 nitrogen and oxygen atoms in total. The Morgan fingerprint density at radius 1 is 1.29 bits per heavy atom. The van der Waals surface area contributed by atoms with Gasteiger partial charge in [-0.05, 0) is 31.0 Å². The topological polar surface area (TPSA) is 64.4 Å². The van der Waals surface area contributed by atoms with Crippen LogP contribution in [-0.2, 0) is 11.3 Å². The van der Waals surface area contributed by atoms with E-state index >= 15 is 0 Å². The van der Waals surface area contributed by atoms with Gasteiger partial charge in [0.15, 0.2) is 0 Å². The Kier molecular flexibility index (Phi) is 5.60. The molecular weight excluding hydrogens is 285 g/mol. The van der Waals surface area contributed by atoms with Crippen molar-refractivity contribution in [1.82, 2.24) is 5.32 Å². The van der Waals surface area contributed by atoms with Crippen LogP contribution >= 0.6 is 0 Å². The van der Waals surface area contributed by atoms with Crippen LogP contribution in [-0.4, -0.2) is 17.8 Å². The van der Waals surface area contributed by atoms with Gasteiger partial charge in [0.05, 0.1) is 5.54 Å². The molecule has 1 aromatic rings. The van der Waals surface area contributed by atoms with Crippen molar-refractivity contribution in [2.45, 2.75) is 45.1 Å². The van der Waals surface area contributed by atoms with Gasteiger partial charge in [-0.3, -0.25) is 4.79 Å². The van der Waals surface area contributed by atoms with Crippen molar-refractivity contribution in [2.24, 2.45) is 5.73 Å². The smallest absolute Gasteiger partial charge is 0.406 e. The Bertz CT molecular complexity index is 470. The lowest BCUT2D eigenvalue weighted by Crippen LogP contribution is -2.51. The fraction of sp³-hybridized carbons (Fsp3) is 0.500. The minimum Gasteiger partial charge on any atom is -0.406 e. The number of alkyl halides is 3. The van der Waals surface area contributed by atoms with E-state index < -0.39 is 11.9 Å². The first kappa shape index (κ1) is 17.3. The van der Waals surface area contributed by atoms with Crippen LogP contribution in [0.1, 0.15) is 32.3 Å². The highest BCUT2D eigenvalue weighted by Crippen LogP contribution is 2.22. The molecule has 0 aliphatic carbocycles. The second-order valence-corrected chi connectivity index (χ2v) is 5.04. The first-order chi connectivity index (χ1) is 9.64. The summed E-state index contributed by atoms with van der Waals surface area (Å²) in [5, 5.41) is 2.66. The Balaban J connectivity index is 2.55. The molecule has 0 fully saturated rings. The van der Waals surface area contributed by atoms with E-state index in [0.29, 0.717) is 12.0 Å². The number of rotatable bonds is 6. The Morgan fingerprint density at radius 2 is 1.86 bits per heavy atom. The van der Waals surface area contributed by atoms with Crippen molar-refractivity contribution in [3.63, 3.8) is 0 Å². The van der Waals surface area contributed by atoms with Crippen LogP contribution < -0.4 is 15.8 Å². The van der Waals surface area contributed by atoms with E-state index in [9.17, 15) is 18.0 Å². The van der Waals surface area contributed by atoms with Gasteiger partial charge in [-0.1, -0.05) is 25.5 Å². The number of hydrogen-bond acceptors (Lipinski definition) is 3. The molecule has 0 aliphatic rings. The molecule has 0 heterocycles. The maximum Gasteiger partial charge on any atom is 0.573 e. The van der Waals surface area contributed by atoms with Crippen molar-refractivity contribution in [2.75, 3.05) is 0 Å². The predicted octanol–water partition coefficient (Wildman–Crippen LogP) is 2.72. The van der Waals surface area contributed by atoms with Gasteiger partial charge in [-0.25, -0.2) is 0 Å². The fourth-order valence-corrected chi connectivity index (χ4v) is 1.83. The second-order valence-electron chi connectivity index (χ2n) is 5.04. The molecule has 0 aromatic heterocycles. The quantitative estimate of drug-likeness (QED) is 0.849. The summed E-state index contributed by atoms with van der Waals surface area (Å²) < 4.78 is 39.8. The van der Waals surface area contributed by atoms with E-state index in [-0.39, 0.29) is 18.2 Å². The molecule has 0 aliphatic heterocycles. The van der Waals surface area contributed by atoms with Gasteiger partial charge in [0.2, 0.25) is 5.91 Å². The van der Waals surface area contributed by atoms with E-state index in [4.69, 9.17) is 5.73 Å². The molecule has 1 unspecified atom stereocenters. The maximum absolute atomic E-state index is 12.0. The highest BCUT2D eigenvalue weighted by molar-refractivity contribution is 5.85. The third kappa shape index (κ3) is 6.03. The number of nitrogens with one attached hydrogen (secondary N) is 1. The lowest BCUT2D eigenvalue weighted by Gasteiger charge is -2.22. The molecule has 1 amide bonds. The van der Waals surface area contributed by atoms with Crippen LogP contribution in [0, 0.1) is 0 Å². The number of benzene rings is 1. The molecule has 0 saturated carbocycles. The minimum absolute atomic E-state index is 0.196. The second kappa shape index (κ2) is 6.80. The molecule has 0 radical (unpaired) electrons. The summed E-state index contributed by atoms with van der Waals surface area (Å²) in [6.07, 6.45) is -3.38. The van der Waals surface area contributed by atoms with Crippen molar-refractivity contribution in [3.8, 4) is 5.75 Å². The monoisotopic (exact) mass is 304 g/mol. The third-order valence-corrected chi connectivity index (χ3v) is 2.90. The number of carbonyl (C=O) groups is 1. The van der Waals surface area contributed by atoms with Gasteiger partial charge < -0.3 is 15.8 Å². The molecule has 21 heavy (non-hydrogen) atoms. The molecule has 7 heteroatoms. The zero-order valence-corrected chi connectivity index (χ0v) is 12.0. The molecule has 1 atom stereocenters. The van der Waals surface area contributed by atoms with E-state index in [1.54, 1.807) is 6.92 Å². The Hall–Kier alpha value is -1.76. The Morgan fingerprint density at radius 3 is 2.33 bits per heavy atom. The zero-order valence-electron chi connectivity index (χ0n) is 12.0. The fourth-order valence-electron chi connectivity index (χ4n) is 1.83. The summed E-state index contributed by atoms with van der Waals surface area (Å²) in [5.74, 6) is -0.591. The molecule has 3 N–H and O–H groups in total. The number of hydrogen-bond donors (Lipinski definition) is 2. The zero-order chi connectivity index (χ0) is 16.1. The van der Waals surface area contributed by atoms with Gasteiger partial charge in [-0.15, -0.1) is 13.2 Å². The van der Waals surface area contributed by atoms with Gasteiger partial charge in [0.25, 0.3) is 0 Å². The molecular formula is C14H19F3N2O2. The first-order valence-corrected chi connectivity index (χ1v) is 6.56. The van der Waals surface area contributed by atoms with E-state index in [1.165, 1.54) is 24.3 Å². The van der Waals surface area contributed by atoms with Crippen molar-refractivity contribution in [1.29, 1.82) is 0 Å². The summed E-state index contributed by atoms with van der Waals surface area (Å²) in [6, 6.07) is 5.30. The van der Waals surface area contributed by atoms with Gasteiger partial charge in [0, 0.05) is 6.54 Å². The molecule has 118 valence electrons. The van der Waals surface area contributed by atoms with Crippen LogP contribution in [0.5, 0.6) is 5.75 Å². The molecule has 1 rings (SSSR count). The number of nitrogens with two attached hydrogens (primary N) is 1. The lowest BCUT2D eigenvalue weighted by atomic mass is 9.96. The lowest BCUT2D eigenvalue weighted by molar-refractivity contribution is -0.274. The normalized spacial score (nSPS) is 14.4. The average molecular weight is 304 g/mol. The van der Waals surface area contributed by atoms with Crippen molar-refractivity contribution >= 4 is 5.91 Å². The summed E-state index contributed by atoms with van der Waals surface area (Å²) in [7, 11) is 0. The average Bonchev–Trinajstić information content (AvgIpc) is 2.35. The number of carbonyl (C=O) groups excluding carboxylic acids is 1. The van der Waals surface area contributed by atoms with Crippen LogP contribution in [0.4, 0.5) is 13.2 Å². The highest BCUT2D eigenvalue weighted by Gasteiger charge is 2.31. The predicted molar refractivity (Wildman–Crippen MR) is 72.5 cm³/mol. The van der Waals surface area contributed by atoms with Crippen LogP contribution in [0.3, 0.4) is 0 Å². The molecule has 0 bridgehead atoms. The van der Waals surface area contributed by atoms with Crippen molar-refractivity contribution in [3.05, 3.63) is 29.8 Å². The summed E-state index contributed by atoms with van der Waals surface area (Å²) in [6.45, 7) is 3.77. The largest absolute Gasteiger partial charge is 0.573 e. The number of ether oxygens (including phenoxy) is 1. The summed E-state index contributed by atoms with van der Waals surface area (Å²) in [5.41, 5.74) is 5.58. The van der Waals surface area contributed by atoms with E-state index in [1.807, 2.05) is 6.92 Å². The third-order valence-electron chi connectivity index (χ3n) is 2.90. The number of amides is 1. The molecule has 0 saturated heterocycles. The summed E-state index contributed by atoms with van der Waals surface area (Å²) >= 11 is 0. The minimum atomic E-state index is -4.71. The van der Waals surface area contributed by atoms with Gasteiger partial charge in [0.1, 0.15) is 5.75 Å². The van der Waals surface area contributed by atoms with Crippen LogP contribution in [0.25, 0.3) is 0 Å². The highest BCUT2D eigenvalue weighted by atomic mass is 19.4. The maximum atomic E-state index is 12.0. The summed E-state index contributed by atoms with van der Waals surface area (Å²) in [4.78, 5) is 11.9. The standard InChI is InChI=1S/C14H19F3N2O2/c1-3-8-13(2,18)12(20)19-9-10-4-6-11(7-5-10)21-14(15,16)17/h4-7H,3,8-9,18H2,1-2H3,(H,19,20).